The maximum absolute atomic E-state index is 11.5. The summed E-state index contributed by atoms with van der Waals surface area (Å²) >= 11 is 5.74. The number of aromatic nitrogens is 5. The van der Waals surface area contributed by atoms with E-state index in [9.17, 15) is 4.79 Å². The fourth-order valence-electron chi connectivity index (χ4n) is 2.10. The van der Waals surface area contributed by atoms with Crippen molar-refractivity contribution in [2.75, 3.05) is 5.32 Å². The first-order valence-electron chi connectivity index (χ1n) is 6.49. The molecule has 8 nitrogen and oxygen atoms in total. The molecule has 1 aliphatic rings. The topological polar surface area (TPSA) is 112 Å². The number of carbonyl (C=O) groups is 1. The van der Waals surface area contributed by atoms with Crippen molar-refractivity contribution in [3.05, 3.63) is 29.4 Å². The predicted octanol–water partition coefficient (Wildman–Crippen LogP) is 0.869. The van der Waals surface area contributed by atoms with Crippen LogP contribution in [0.25, 0.3) is 0 Å². The summed E-state index contributed by atoms with van der Waals surface area (Å²) in [7, 11) is 0. The first kappa shape index (κ1) is 13.7. The highest BCUT2D eigenvalue weighted by molar-refractivity contribution is 6.28. The van der Waals surface area contributed by atoms with Crippen LogP contribution in [0.3, 0.4) is 0 Å². The first-order chi connectivity index (χ1) is 10.0. The van der Waals surface area contributed by atoms with Gasteiger partial charge in [-0.2, -0.15) is 0 Å². The zero-order chi connectivity index (χ0) is 15.0. The molecule has 1 aliphatic carbocycles. The van der Waals surface area contributed by atoms with Crippen LogP contribution in [0, 0.1) is 0 Å². The Morgan fingerprint density at radius 2 is 2.33 bits per heavy atom. The number of amides is 1. The lowest BCUT2D eigenvalue weighted by atomic mass is 10.2. The molecular weight excluding hydrogens is 294 g/mol. The molecule has 1 fully saturated rings. The number of hydrogen-bond donors (Lipinski definition) is 2. The minimum absolute atomic E-state index is 0.145. The van der Waals surface area contributed by atoms with Crippen LogP contribution in [-0.4, -0.2) is 30.9 Å². The number of halogens is 1. The molecule has 2 aromatic heterocycles. The van der Waals surface area contributed by atoms with Gasteiger partial charge in [0, 0.05) is 6.20 Å². The van der Waals surface area contributed by atoms with Crippen LogP contribution in [0.5, 0.6) is 0 Å². The molecule has 1 atom stereocenters. The molecule has 0 radical (unpaired) electrons. The summed E-state index contributed by atoms with van der Waals surface area (Å²) in [6, 6.07) is 1.56. The van der Waals surface area contributed by atoms with Crippen LogP contribution in [-0.2, 0) is 10.3 Å². The Morgan fingerprint density at radius 3 is 2.95 bits per heavy atom. The summed E-state index contributed by atoms with van der Waals surface area (Å²) in [5, 5.41) is 11.4. The predicted molar refractivity (Wildman–Crippen MR) is 75.5 cm³/mol. The molecule has 3 N–H and O–H groups in total. The van der Waals surface area contributed by atoms with Crippen molar-refractivity contribution in [3.63, 3.8) is 0 Å². The third-order valence-corrected chi connectivity index (χ3v) is 3.75. The lowest BCUT2D eigenvalue weighted by Crippen LogP contribution is -2.34. The molecule has 1 saturated carbocycles. The van der Waals surface area contributed by atoms with E-state index in [1.807, 2.05) is 6.92 Å². The quantitative estimate of drug-likeness (QED) is 0.793. The highest BCUT2D eigenvalue weighted by atomic mass is 35.5. The second-order valence-corrected chi connectivity index (χ2v) is 5.40. The molecule has 1 amide bonds. The summed E-state index contributed by atoms with van der Waals surface area (Å²) in [5.74, 6) is 0.218. The summed E-state index contributed by atoms with van der Waals surface area (Å²) in [6.07, 6.45) is 4.70. The van der Waals surface area contributed by atoms with E-state index < -0.39 is 5.54 Å². The van der Waals surface area contributed by atoms with Gasteiger partial charge in [0.2, 0.25) is 11.2 Å². The number of anilines is 1. The zero-order valence-electron chi connectivity index (χ0n) is 11.3. The Labute approximate surface area is 125 Å². The number of hydrogen-bond acceptors (Lipinski definition) is 6. The smallest absolute Gasteiger partial charge is 0.245 e. The lowest BCUT2D eigenvalue weighted by Gasteiger charge is -2.12. The van der Waals surface area contributed by atoms with Crippen molar-refractivity contribution in [2.45, 2.75) is 31.3 Å². The Bertz CT molecular complexity index is 682. The molecule has 0 spiro atoms. The SMILES string of the molecule is C[C@H](Nc1ccnc(Cl)n1)c1cn(C2(C(N)=O)CC2)nn1. The van der Waals surface area contributed by atoms with Crippen molar-refractivity contribution in [2.24, 2.45) is 5.73 Å². The van der Waals surface area contributed by atoms with Gasteiger partial charge in [-0.25, -0.2) is 14.6 Å². The Hall–Kier alpha value is -2.22. The van der Waals surface area contributed by atoms with Gasteiger partial charge < -0.3 is 11.1 Å². The molecule has 0 aliphatic heterocycles. The van der Waals surface area contributed by atoms with Gasteiger partial charge >= 0.3 is 0 Å². The fourth-order valence-corrected chi connectivity index (χ4v) is 2.25. The van der Waals surface area contributed by atoms with Crippen LogP contribution in [0.4, 0.5) is 5.82 Å². The van der Waals surface area contributed by atoms with E-state index in [0.717, 1.165) is 0 Å². The van der Waals surface area contributed by atoms with E-state index in [1.165, 1.54) is 0 Å². The first-order valence-corrected chi connectivity index (χ1v) is 6.87. The van der Waals surface area contributed by atoms with Crippen LogP contribution < -0.4 is 11.1 Å². The maximum Gasteiger partial charge on any atom is 0.245 e. The minimum Gasteiger partial charge on any atom is -0.368 e. The van der Waals surface area contributed by atoms with Crippen molar-refractivity contribution in [1.82, 2.24) is 25.0 Å². The molecule has 0 unspecified atom stereocenters. The molecule has 2 aromatic rings. The van der Waals surface area contributed by atoms with Gasteiger partial charge in [0.05, 0.1) is 12.2 Å². The van der Waals surface area contributed by atoms with Gasteiger partial charge in [-0.05, 0) is 37.4 Å². The van der Waals surface area contributed by atoms with Crippen molar-refractivity contribution in [1.29, 1.82) is 0 Å². The highest BCUT2D eigenvalue weighted by Gasteiger charge is 2.51. The van der Waals surface area contributed by atoms with Gasteiger partial charge in [-0.1, -0.05) is 5.21 Å². The average molecular weight is 308 g/mol. The van der Waals surface area contributed by atoms with Crippen molar-refractivity contribution in [3.8, 4) is 0 Å². The lowest BCUT2D eigenvalue weighted by molar-refractivity contribution is -0.122. The third-order valence-electron chi connectivity index (χ3n) is 3.57. The molecule has 0 saturated heterocycles. The monoisotopic (exact) mass is 307 g/mol. The van der Waals surface area contributed by atoms with E-state index in [4.69, 9.17) is 17.3 Å². The zero-order valence-corrected chi connectivity index (χ0v) is 12.1. The summed E-state index contributed by atoms with van der Waals surface area (Å²) in [4.78, 5) is 19.3. The molecule has 21 heavy (non-hydrogen) atoms. The van der Waals surface area contributed by atoms with E-state index in [0.29, 0.717) is 24.4 Å². The molecule has 0 aromatic carbocycles. The highest BCUT2D eigenvalue weighted by Crippen LogP contribution is 2.42. The second-order valence-electron chi connectivity index (χ2n) is 5.06. The Morgan fingerprint density at radius 1 is 1.57 bits per heavy atom. The van der Waals surface area contributed by atoms with Crippen LogP contribution in [0.2, 0.25) is 5.28 Å². The van der Waals surface area contributed by atoms with Crippen LogP contribution in [0.1, 0.15) is 31.5 Å². The van der Waals surface area contributed by atoms with Gasteiger partial charge in [0.1, 0.15) is 17.1 Å². The van der Waals surface area contributed by atoms with E-state index in [2.05, 4.69) is 25.6 Å². The normalized spacial score (nSPS) is 17.2. The summed E-state index contributed by atoms with van der Waals surface area (Å²) in [5.41, 5.74) is 5.42. The standard InChI is InChI=1S/C12H14ClN7O/c1-7(16-9-2-5-15-11(13)17-9)8-6-20(19-18-8)12(3-4-12)10(14)21/h2,5-7H,3-4H2,1H3,(H2,14,21)(H,15,16,17)/t7-/m0/s1. The molecule has 0 bridgehead atoms. The van der Waals surface area contributed by atoms with Crippen LogP contribution >= 0.6 is 11.6 Å². The Kier molecular flexibility index (Phi) is 3.25. The summed E-state index contributed by atoms with van der Waals surface area (Å²) < 4.78 is 1.55. The van der Waals surface area contributed by atoms with E-state index >= 15 is 0 Å². The average Bonchev–Trinajstić information content (AvgIpc) is 3.10. The minimum atomic E-state index is -0.691. The van der Waals surface area contributed by atoms with Crippen molar-refractivity contribution < 1.29 is 4.79 Å². The number of rotatable bonds is 5. The van der Waals surface area contributed by atoms with Crippen molar-refractivity contribution >= 4 is 23.3 Å². The summed E-state index contributed by atoms with van der Waals surface area (Å²) in [6.45, 7) is 1.91. The fraction of sp³-hybridized carbons (Fsp3) is 0.417. The number of nitrogens with one attached hydrogen (secondary N) is 1. The number of carbonyl (C=O) groups excluding carboxylic acids is 1. The third kappa shape index (κ3) is 2.54. The van der Waals surface area contributed by atoms with Crippen LogP contribution in [0.15, 0.2) is 18.5 Å². The van der Waals surface area contributed by atoms with E-state index in [-0.39, 0.29) is 17.2 Å². The number of nitrogens with zero attached hydrogens (tertiary/aromatic N) is 5. The number of nitrogens with two attached hydrogens (primary N) is 1. The maximum atomic E-state index is 11.5. The number of primary amides is 1. The van der Waals surface area contributed by atoms with E-state index in [1.54, 1.807) is 23.1 Å². The van der Waals surface area contributed by atoms with Gasteiger partial charge in [0.25, 0.3) is 0 Å². The Balaban J connectivity index is 1.76. The molecule has 110 valence electrons. The largest absolute Gasteiger partial charge is 0.368 e. The molecule has 3 rings (SSSR count). The molecular formula is C12H14ClN7O. The van der Waals surface area contributed by atoms with Gasteiger partial charge in [-0.3, -0.25) is 4.79 Å². The molecule has 9 heteroatoms. The molecule has 2 heterocycles. The van der Waals surface area contributed by atoms with Gasteiger partial charge in [-0.15, -0.1) is 5.10 Å². The second kappa shape index (κ2) is 4.96. The van der Waals surface area contributed by atoms with Gasteiger partial charge in [0.15, 0.2) is 0 Å².